The molecule has 2 aromatic heterocycles. The van der Waals surface area contributed by atoms with E-state index >= 15 is 0 Å². The summed E-state index contributed by atoms with van der Waals surface area (Å²) in [5.41, 5.74) is 6.46. The van der Waals surface area contributed by atoms with E-state index in [9.17, 15) is 8.42 Å². The second kappa shape index (κ2) is 5.92. The first-order valence-corrected chi connectivity index (χ1v) is 7.86. The molecule has 0 fully saturated rings. The number of aromatic nitrogens is 4. The molecule has 9 nitrogen and oxygen atoms in total. The topological polar surface area (TPSA) is 129 Å². The van der Waals surface area contributed by atoms with Crippen LogP contribution >= 0.6 is 0 Å². The molecule has 0 aliphatic rings. The predicted octanol–water partition coefficient (Wildman–Crippen LogP) is -0.371. The van der Waals surface area contributed by atoms with Gasteiger partial charge in [0.25, 0.3) is 0 Å². The molecule has 0 amide bonds. The lowest BCUT2D eigenvalue weighted by Gasteiger charge is -2.06. The molecular formula is C11H18N6O3S. The predicted molar refractivity (Wildman–Crippen MR) is 73.8 cm³/mol. The summed E-state index contributed by atoms with van der Waals surface area (Å²) in [7, 11) is -3.70. The summed E-state index contributed by atoms with van der Waals surface area (Å²) in [5, 5.41) is 7.83. The van der Waals surface area contributed by atoms with E-state index < -0.39 is 10.0 Å². The highest BCUT2D eigenvalue weighted by atomic mass is 32.2. The second-order valence-electron chi connectivity index (χ2n) is 4.57. The molecule has 3 N–H and O–H groups in total. The van der Waals surface area contributed by atoms with Crippen molar-refractivity contribution in [1.29, 1.82) is 0 Å². The Morgan fingerprint density at radius 2 is 2.05 bits per heavy atom. The Morgan fingerprint density at radius 3 is 2.62 bits per heavy atom. The summed E-state index contributed by atoms with van der Waals surface area (Å²) >= 11 is 0. The third-order valence-corrected chi connectivity index (χ3v) is 4.57. The zero-order chi connectivity index (χ0) is 15.6. The fourth-order valence-electron chi connectivity index (χ4n) is 2.05. The summed E-state index contributed by atoms with van der Waals surface area (Å²) in [6.07, 6.45) is 0. The van der Waals surface area contributed by atoms with Crippen LogP contribution in [0.1, 0.15) is 23.1 Å². The van der Waals surface area contributed by atoms with Gasteiger partial charge in [-0.3, -0.25) is 4.68 Å². The zero-order valence-corrected chi connectivity index (χ0v) is 12.9. The maximum Gasteiger partial charge on any atom is 0.244 e. The maximum absolute atomic E-state index is 12.4. The minimum Gasteiger partial charge on any atom is -0.340 e. The third-order valence-electron chi connectivity index (χ3n) is 2.91. The maximum atomic E-state index is 12.4. The van der Waals surface area contributed by atoms with Gasteiger partial charge in [0.2, 0.25) is 15.9 Å². The normalized spacial score (nSPS) is 12.0. The fraction of sp³-hybridized carbons (Fsp3) is 0.545. The van der Waals surface area contributed by atoms with Crippen LogP contribution in [0.15, 0.2) is 9.42 Å². The summed E-state index contributed by atoms with van der Waals surface area (Å²) in [4.78, 5) is 4.11. The van der Waals surface area contributed by atoms with Crippen LogP contribution in [-0.2, 0) is 23.1 Å². The number of rotatable bonds is 6. The molecule has 0 saturated carbocycles. The van der Waals surface area contributed by atoms with Crippen molar-refractivity contribution >= 4 is 10.0 Å². The average molecular weight is 314 g/mol. The Balaban J connectivity index is 2.23. The first kappa shape index (κ1) is 15.6. The number of hydrogen-bond acceptors (Lipinski definition) is 7. The van der Waals surface area contributed by atoms with Gasteiger partial charge in [0.1, 0.15) is 4.90 Å². The first-order valence-electron chi connectivity index (χ1n) is 6.38. The molecule has 0 unspecified atom stereocenters. The molecular weight excluding hydrogens is 296 g/mol. The highest BCUT2D eigenvalue weighted by Gasteiger charge is 2.24. The third kappa shape index (κ3) is 3.28. The molecule has 2 rings (SSSR count). The van der Waals surface area contributed by atoms with Crippen molar-refractivity contribution in [2.75, 3.05) is 6.54 Å². The van der Waals surface area contributed by atoms with Crippen LogP contribution in [0.3, 0.4) is 0 Å². The van der Waals surface area contributed by atoms with Gasteiger partial charge in [0.05, 0.1) is 24.5 Å². The highest BCUT2D eigenvalue weighted by Crippen LogP contribution is 2.19. The molecule has 0 aromatic carbocycles. The SMILES string of the molecule is Cc1nc(CNS(=O)(=O)c2c(C)nn(CCN)c2C)no1. The van der Waals surface area contributed by atoms with Crippen LogP contribution in [-0.4, -0.2) is 34.9 Å². The lowest BCUT2D eigenvalue weighted by Crippen LogP contribution is -2.25. The van der Waals surface area contributed by atoms with Gasteiger partial charge in [-0.1, -0.05) is 5.16 Å². The van der Waals surface area contributed by atoms with Gasteiger partial charge in [0.15, 0.2) is 5.82 Å². The first-order chi connectivity index (χ1) is 9.85. The molecule has 0 spiro atoms. The number of nitrogens with zero attached hydrogens (tertiary/aromatic N) is 4. The molecule has 21 heavy (non-hydrogen) atoms. The Kier molecular flexibility index (Phi) is 4.40. The number of nitrogens with one attached hydrogen (secondary N) is 1. The summed E-state index contributed by atoms with van der Waals surface area (Å²) < 4.78 is 33.6. The molecule has 2 aromatic rings. The van der Waals surface area contributed by atoms with Crippen molar-refractivity contribution < 1.29 is 12.9 Å². The van der Waals surface area contributed by atoms with E-state index in [2.05, 4.69) is 20.0 Å². The quantitative estimate of drug-likeness (QED) is 0.744. The van der Waals surface area contributed by atoms with Crippen LogP contribution in [0.4, 0.5) is 0 Å². The lowest BCUT2D eigenvalue weighted by molar-refractivity contribution is 0.387. The smallest absolute Gasteiger partial charge is 0.244 e. The van der Waals surface area contributed by atoms with E-state index in [0.29, 0.717) is 30.4 Å². The minimum absolute atomic E-state index is 0.0410. The minimum atomic E-state index is -3.70. The van der Waals surface area contributed by atoms with Gasteiger partial charge in [-0.25, -0.2) is 13.1 Å². The summed E-state index contributed by atoms with van der Waals surface area (Å²) in [5.74, 6) is 0.660. The van der Waals surface area contributed by atoms with E-state index in [1.807, 2.05) is 0 Å². The lowest BCUT2D eigenvalue weighted by atomic mass is 10.4. The van der Waals surface area contributed by atoms with Gasteiger partial charge < -0.3 is 10.3 Å². The molecule has 0 radical (unpaired) electrons. The second-order valence-corrected chi connectivity index (χ2v) is 6.27. The number of hydrogen-bond donors (Lipinski definition) is 2. The van der Waals surface area contributed by atoms with Gasteiger partial charge >= 0.3 is 0 Å². The average Bonchev–Trinajstić information content (AvgIpc) is 2.93. The van der Waals surface area contributed by atoms with Gasteiger partial charge in [-0.2, -0.15) is 10.1 Å². The standard InChI is InChI=1S/C11H18N6O3S/c1-7-11(8(2)17(15-7)5-4-12)21(18,19)13-6-10-14-9(3)20-16-10/h13H,4-6,12H2,1-3H3. The Hall–Kier alpha value is -1.78. The summed E-state index contributed by atoms with van der Waals surface area (Å²) in [6.45, 7) is 5.79. The Morgan fingerprint density at radius 1 is 1.33 bits per heavy atom. The van der Waals surface area contributed by atoms with Crippen LogP contribution in [0, 0.1) is 20.8 Å². The van der Waals surface area contributed by atoms with Crippen molar-refractivity contribution in [3.05, 3.63) is 23.1 Å². The fourth-order valence-corrected chi connectivity index (χ4v) is 3.44. The largest absolute Gasteiger partial charge is 0.340 e. The molecule has 10 heteroatoms. The van der Waals surface area contributed by atoms with Gasteiger partial charge in [-0.15, -0.1) is 0 Å². The van der Waals surface area contributed by atoms with Crippen molar-refractivity contribution in [3.8, 4) is 0 Å². The van der Waals surface area contributed by atoms with E-state index in [1.165, 1.54) is 0 Å². The van der Waals surface area contributed by atoms with Crippen LogP contribution in [0.2, 0.25) is 0 Å². The van der Waals surface area contributed by atoms with Crippen molar-refractivity contribution in [3.63, 3.8) is 0 Å². The summed E-state index contributed by atoms with van der Waals surface area (Å²) in [6, 6.07) is 0. The van der Waals surface area contributed by atoms with Crippen LogP contribution in [0.5, 0.6) is 0 Å². The van der Waals surface area contributed by atoms with E-state index in [-0.39, 0.29) is 17.3 Å². The number of aryl methyl sites for hydroxylation is 2. The number of sulfonamides is 1. The van der Waals surface area contributed by atoms with Crippen LogP contribution in [0.25, 0.3) is 0 Å². The van der Waals surface area contributed by atoms with Crippen molar-refractivity contribution in [1.82, 2.24) is 24.6 Å². The molecule has 0 saturated heterocycles. The van der Waals surface area contributed by atoms with E-state index in [1.54, 1.807) is 25.5 Å². The molecule has 0 aliphatic carbocycles. The number of nitrogens with two attached hydrogens (primary N) is 1. The molecule has 2 heterocycles. The van der Waals surface area contributed by atoms with E-state index in [0.717, 1.165) is 0 Å². The van der Waals surface area contributed by atoms with Crippen molar-refractivity contribution in [2.24, 2.45) is 5.73 Å². The Bertz CT molecular complexity index is 733. The molecule has 0 atom stereocenters. The van der Waals surface area contributed by atoms with Gasteiger partial charge in [-0.05, 0) is 13.8 Å². The monoisotopic (exact) mass is 314 g/mol. The zero-order valence-electron chi connectivity index (χ0n) is 12.1. The molecule has 0 bridgehead atoms. The molecule has 0 aliphatic heterocycles. The van der Waals surface area contributed by atoms with Gasteiger partial charge in [0, 0.05) is 13.5 Å². The van der Waals surface area contributed by atoms with E-state index in [4.69, 9.17) is 10.3 Å². The molecule has 116 valence electrons. The van der Waals surface area contributed by atoms with Crippen molar-refractivity contribution in [2.45, 2.75) is 38.8 Å². The van der Waals surface area contributed by atoms with Crippen LogP contribution < -0.4 is 10.5 Å². The Labute approximate surface area is 122 Å². The highest BCUT2D eigenvalue weighted by molar-refractivity contribution is 7.89.